The van der Waals surface area contributed by atoms with E-state index in [0.717, 1.165) is 51.0 Å². The maximum absolute atomic E-state index is 10.3. The lowest BCUT2D eigenvalue weighted by Crippen LogP contribution is -2.36. The van der Waals surface area contributed by atoms with Crippen LogP contribution in [0.3, 0.4) is 0 Å². The predicted octanol–water partition coefficient (Wildman–Crippen LogP) is 7.30. The number of benzene rings is 2. The molecular formula is C33H37N3. The molecule has 0 spiro atoms. The molecule has 0 radical (unpaired) electrons. The minimum absolute atomic E-state index is 0.276. The molecule has 0 saturated carbocycles. The molecule has 3 heteroatoms. The summed E-state index contributed by atoms with van der Waals surface area (Å²) in [5, 5.41) is 10.3. The first-order valence-corrected chi connectivity index (χ1v) is 13.4. The maximum Gasteiger partial charge on any atom is 0.0996 e. The minimum atomic E-state index is -0.429. The van der Waals surface area contributed by atoms with Crippen molar-refractivity contribution in [3.05, 3.63) is 100 Å². The third-order valence-electron chi connectivity index (χ3n) is 8.35. The Hall–Kier alpha value is -3.35. The van der Waals surface area contributed by atoms with Crippen LogP contribution >= 0.6 is 0 Å². The summed E-state index contributed by atoms with van der Waals surface area (Å²) in [6.45, 7) is 7.60. The molecule has 1 aliphatic carbocycles. The molecule has 2 aromatic carbocycles. The molecule has 3 aromatic rings. The summed E-state index contributed by atoms with van der Waals surface area (Å²) in [7, 11) is 2.06. The van der Waals surface area contributed by atoms with Crippen LogP contribution in [0.5, 0.6) is 0 Å². The monoisotopic (exact) mass is 475 g/mol. The largest absolute Gasteiger partial charge is 0.353 e. The molecule has 184 valence electrons. The van der Waals surface area contributed by atoms with Crippen LogP contribution in [0.25, 0.3) is 17.7 Å². The summed E-state index contributed by atoms with van der Waals surface area (Å²) in [5.74, 6) is 0.276. The molecule has 1 saturated heterocycles. The summed E-state index contributed by atoms with van der Waals surface area (Å²) >= 11 is 0. The van der Waals surface area contributed by atoms with Gasteiger partial charge in [-0.25, -0.2) is 0 Å². The van der Waals surface area contributed by atoms with Gasteiger partial charge in [0, 0.05) is 32.0 Å². The Balaban J connectivity index is 1.31. The second-order valence-electron chi connectivity index (χ2n) is 10.7. The van der Waals surface area contributed by atoms with Gasteiger partial charge in [-0.3, -0.25) is 0 Å². The van der Waals surface area contributed by atoms with Gasteiger partial charge in [-0.15, -0.1) is 0 Å². The third kappa shape index (κ3) is 4.47. The normalized spacial score (nSPS) is 17.3. The van der Waals surface area contributed by atoms with Gasteiger partial charge in [0.25, 0.3) is 0 Å². The van der Waals surface area contributed by atoms with Crippen molar-refractivity contribution in [2.75, 3.05) is 19.6 Å². The van der Waals surface area contributed by atoms with Gasteiger partial charge in [-0.2, -0.15) is 5.26 Å². The molecular weight excluding hydrogens is 438 g/mol. The predicted molar refractivity (Wildman–Crippen MR) is 150 cm³/mol. The number of nitriles is 1. The number of piperidine rings is 1. The number of aromatic nitrogens is 1. The van der Waals surface area contributed by atoms with E-state index in [1.807, 2.05) is 0 Å². The Bertz CT molecular complexity index is 1270. The number of nitrogens with zero attached hydrogens (tertiary/aromatic N) is 3. The second-order valence-corrected chi connectivity index (χ2v) is 10.7. The average Bonchev–Trinajstić information content (AvgIpc) is 3.26. The van der Waals surface area contributed by atoms with E-state index in [1.165, 1.54) is 27.8 Å². The zero-order valence-corrected chi connectivity index (χ0v) is 21.9. The third-order valence-corrected chi connectivity index (χ3v) is 8.35. The van der Waals surface area contributed by atoms with E-state index in [0.29, 0.717) is 0 Å². The van der Waals surface area contributed by atoms with Gasteiger partial charge in [-0.1, -0.05) is 80.1 Å². The fraction of sp³-hybridized carbons (Fsp3) is 0.364. The molecule has 3 nitrogen and oxygen atoms in total. The molecule has 2 heterocycles. The van der Waals surface area contributed by atoms with Crippen molar-refractivity contribution in [1.82, 2.24) is 9.47 Å². The first-order valence-electron chi connectivity index (χ1n) is 13.4. The van der Waals surface area contributed by atoms with Crippen LogP contribution in [0.1, 0.15) is 67.5 Å². The van der Waals surface area contributed by atoms with E-state index in [1.54, 1.807) is 5.57 Å². The highest BCUT2D eigenvalue weighted by molar-refractivity contribution is 5.94. The fourth-order valence-corrected chi connectivity index (χ4v) is 6.20. The molecule has 1 atom stereocenters. The van der Waals surface area contributed by atoms with E-state index >= 15 is 0 Å². The molecule has 5 rings (SSSR count). The average molecular weight is 476 g/mol. The van der Waals surface area contributed by atoms with Gasteiger partial charge >= 0.3 is 0 Å². The first kappa shape index (κ1) is 24.3. The van der Waals surface area contributed by atoms with Gasteiger partial charge in [0.15, 0.2) is 0 Å². The van der Waals surface area contributed by atoms with Crippen LogP contribution in [0.15, 0.2) is 72.4 Å². The van der Waals surface area contributed by atoms with Crippen molar-refractivity contribution in [1.29, 1.82) is 5.26 Å². The van der Waals surface area contributed by atoms with Gasteiger partial charge in [0.1, 0.15) is 0 Å². The summed E-state index contributed by atoms with van der Waals surface area (Å²) in [5.41, 5.74) is 9.07. The standard InChI is InChI=1S/C33H37N3/c1-25(2)33(24-34,31-14-8-20-35(31)3)19-9-21-36-22-17-28(18-23-36)32-29-12-6-4-10-26(29)15-16-27-11-5-7-13-30(27)32/h4-8,10-16,20,25H,9,17-19,21-23H2,1-3H3. The zero-order chi connectivity index (χ0) is 25.1. The summed E-state index contributed by atoms with van der Waals surface area (Å²) in [6, 6.07) is 24.5. The van der Waals surface area contributed by atoms with Gasteiger partial charge in [0.05, 0.1) is 11.5 Å². The molecule has 0 amide bonds. The van der Waals surface area contributed by atoms with Crippen LogP contribution in [0, 0.1) is 17.2 Å². The number of hydrogen-bond acceptors (Lipinski definition) is 2. The number of aryl methyl sites for hydroxylation is 1. The Morgan fingerprint density at radius 3 is 2.03 bits per heavy atom. The molecule has 1 unspecified atom stereocenters. The Labute approximate surface area is 216 Å². The molecule has 36 heavy (non-hydrogen) atoms. The fourth-order valence-electron chi connectivity index (χ4n) is 6.20. The van der Waals surface area contributed by atoms with Crippen molar-refractivity contribution < 1.29 is 0 Å². The van der Waals surface area contributed by atoms with E-state index in [9.17, 15) is 5.26 Å². The lowest BCUT2D eigenvalue weighted by Gasteiger charge is -2.34. The summed E-state index contributed by atoms with van der Waals surface area (Å²) in [4.78, 5) is 2.60. The Morgan fingerprint density at radius 2 is 1.50 bits per heavy atom. The van der Waals surface area contributed by atoms with Gasteiger partial charge in [-0.05, 0) is 78.1 Å². The molecule has 1 fully saturated rings. The van der Waals surface area contributed by atoms with Crippen molar-refractivity contribution in [3.8, 4) is 6.07 Å². The van der Waals surface area contributed by atoms with Crippen molar-refractivity contribution in [2.45, 2.75) is 44.9 Å². The number of fused-ring (bicyclic) bond motifs is 2. The molecule has 0 N–H and O–H groups in total. The second kappa shape index (κ2) is 10.3. The SMILES string of the molecule is CC(C)C(C#N)(CCCN1CCC(=C2c3ccccc3C=Cc3ccccc32)CC1)c1cccn1C. The lowest BCUT2D eigenvalue weighted by atomic mass is 9.72. The van der Waals surface area contributed by atoms with Crippen LogP contribution in [0.4, 0.5) is 0 Å². The van der Waals surface area contributed by atoms with Crippen LogP contribution in [-0.2, 0) is 12.5 Å². The van der Waals surface area contributed by atoms with E-state index < -0.39 is 5.41 Å². The van der Waals surface area contributed by atoms with Crippen molar-refractivity contribution >= 4 is 17.7 Å². The summed E-state index contributed by atoms with van der Waals surface area (Å²) in [6.07, 6.45) is 10.7. The number of hydrogen-bond donors (Lipinski definition) is 0. The zero-order valence-electron chi connectivity index (χ0n) is 21.9. The molecule has 1 aliphatic heterocycles. The number of rotatable bonds is 6. The highest BCUT2D eigenvalue weighted by atomic mass is 15.1. The summed E-state index contributed by atoms with van der Waals surface area (Å²) < 4.78 is 2.12. The van der Waals surface area contributed by atoms with Crippen LogP contribution < -0.4 is 0 Å². The van der Waals surface area contributed by atoms with E-state index in [4.69, 9.17) is 0 Å². The molecule has 0 bridgehead atoms. The smallest absolute Gasteiger partial charge is 0.0996 e. The molecule has 2 aliphatic rings. The molecule has 1 aromatic heterocycles. The highest BCUT2D eigenvalue weighted by Gasteiger charge is 2.37. The topological polar surface area (TPSA) is 32.0 Å². The Kier molecular flexibility index (Phi) is 6.99. The van der Waals surface area contributed by atoms with Crippen LogP contribution in [-0.4, -0.2) is 29.1 Å². The van der Waals surface area contributed by atoms with E-state index in [2.05, 4.69) is 115 Å². The van der Waals surface area contributed by atoms with E-state index in [-0.39, 0.29) is 5.92 Å². The Morgan fingerprint density at radius 1 is 0.889 bits per heavy atom. The van der Waals surface area contributed by atoms with Gasteiger partial charge < -0.3 is 9.47 Å². The van der Waals surface area contributed by atoms with Crippen molar-refractivity contribution in [3.63, 3.8) is 0 Å². The highest BCUT2D eigenvalue weighted by Crippen LogP contribution is 2.39. The van der Waals surface area contributed by atoms with Crippen molar-refractivity contribution in [2.24, 2.45) is 13.0 Å². The first-order chi connectivity index (χ1) is 17.5. The lowest BCUT2D eigenvalue weighted by molar-refractivity contribution is 0.236. The maximum atomic E-state index is 10.3. The number of likely N-dealkylation sites (tertiary alicyclic amines) is 1. The van der Waals surface area contributed by atoms with Crippen LogP contribution in [0.2, 0.25) is 0 Å². The quantitative estimate of drug-likeness (QED) is 0.293. The van der Waals surface area contributed by atoms with Gasteiger partial charge in [0.2, 0.25) is 0 Å². The minimum Gasteiger partial charge on any atom is -0.353 e.